The van der Waals surface area contributed by atoms with Gasteiger partial charge in [-0.3, -0.25) is 9.67 Å². The van der Waals surface area contributed by atoms with E-state index in [0.717, 1.165) is 27.3 Å². The van der Waals surface area contributed by atoms with Gasteiger partial charge in [-0.2, -0.15) is 5.10 Å². The molecule has 3 rings (SSSR count). The number of rotatable bonds is 2. The smallest absolute Gasteiger partial charge is 0.130 e. The fourth-order valence-electron chi connectivity index (χ4n) is 2.09. The molecule has 0 amide bonds. The van der Waals surface area contributed by atoms with Crippen molar-refractivity contribution < 1.29 is 0 Å². The van der Waals surface area contributed by atoms with Crippen molar-refractivity contribution in [2.24, 2.45) is 7.05 Å². The van der Waals surface area contributed by atoms with Gasteiger partial charge in [0.25, 0.3) is 0 Å². The first-order chi connectivity index (χ1) is 9.16. The van der Waals surface area contributed by atoms with Crippen molar-refractivity contribution >= 4 is 17.2 Å². The lowest BCUT2D eigenvalue weighted by molar-refractivity contribution is 0.782. The molecule has 3 aromatic rings. The molecule has 4 nitrogen and oxygen atoms in total. The molecule has 0 radical (unpaired) electrons. The van der Waals surface area contributed by atoms with Crippen molar-refractivity contribution in [2.45, 2.75) is 6.92 Å². The SMILES string of the molecule is Cc1cncc(-c2nn(C)c(N)c2-c2cccs2)c1. The third-order valence-corrected chi connectivity index (χ3v) is 3.89. The summed E-state index contributed by atoms with van der Waals surface area (Å²) in [7, 11) is 1.86. The van der Waals surface area contributed by atoms with Gasteiger partial charge < -0.3 is 5.73 Å². The highest BCUT2D eigenvalue weighted by Gasteiger charge is 2.18. The number of nitrogen functional groups attached to an aromatic ring is 1. The molecule has 0 aliphatic heterocycles. The number of aromatic nitrogens is 3. The monoisotopic (exact) mass is 270 g/mol. The minimum Gasteiger partial charge on any atom is -0.383 e. The Labute approximate surface area is 115 Å². The Balaban J connectivity index is 2.25. The Morgan fingerprint density at radius 3 is 2.84 bits per heavy atom. The number of hydrogen-bond donors (Lipinski definition) is 1. The fraction of sp³-hybridized carbons (Fsp3) is 0.143. The lowest BCUT2D eigenvalue weighted by Crippen LogP contribution is -1.97. The summed E-state index contributed by atoms with van der Waals surface area (Å²) in [5, 5.41) is 6.58. The van der Waals surface area contributed by atoms with Crippen LogP contribution in [0.2, 0.25) is 0 Å². The van der Waals surface area contributed by atoms with E-state index in [1.807, 2.05) is 37.8 Å². The fourth-order valence-corrected chi connectivity index (χ4v) is 2.87. The molecular weight excluding hydrogens is 256 g/mol. The number of nitrogens with zero attached hydrogens (tertiary/aromatic N) is 3. The molecule has 19 heavy (non-hydrogen) atoms. The van der Waals surface area contributed by atoms with Gasteiger partial charge in [0, 0.05) is 29.9 Å². The van der Waals surface area contributed by atoms with Crippen molar-refractivity contribution in [3.8, 4) is 21.7 Å². The van der Waals surface area contributed by atoms with Gasteiger partial charge in [-0.05, 0) is 30.0 Å². The zero-order valence-electron chi connectivity index (χ0n) is 10.8. The zero-order chi connectivity index (χ0) is 13.4. The molecule has 0 saturated heterocycles. The highest BCUT2D eigenvalue weighted by atomic mass is 32.1. The number of anilines is 1. The molecule has 0 atom stereocenters. The molecule has 96 valence electrons. The molecule has 0 unspecified atom stereocenters. The summed E-state index contributed by atoms with van der Waals surface area (Å²) in [5.41, 5.74) is 10.1. The molecule has 0 aliphatic rings. The van der Waals surface area contributed by atoms with Crippen LogP contribution in [0.5, 0.6) is 0 Å². The topological polar surface area (TPSA) is 56.7 Å². The largest absolute Gasteiger partial charge is 0.383 e. The van der Waals surface area contributed by atoms with Gasteiger partial charge in [-0.1, -0.05) is 6.07 Å². The summed E-state index contributed by atoms with van der Waals surface area (Å²) in [5.74, 6) is 0.680. The van der Waals surface area contributed by atoms with E-state index in [9.17, 15) is 0 Å². The minimum atomic E-state index is 0.680. The van der Waals surface area contributed by atoms with Gasteiger partial charge in [-0.15, -0.1) is 11.3 Å². The summed E-state index contributed by atoms with van der Waals surface area (Å²) in [6.07, 6.45) is 3.66. The van der Waals surface area contributed by atoms with Gasteiger partial charge in [0.05, 0.1) is 5.56 Å². The molecule has 0 saturated carbocycles. The maximum Gasteiger partial charge on any atom is 0.130 e. The van der Waals surface area contributed by atoms with Gasteiger partial charge in [-0.25, -0.2) is 0 Å². The molecule has 2 N–H and O–H groups in total. The predicted molar refractivity (Wildman–Crippen MR) is 78.9 cm³/mol. The van der Waals surface area contributed by atoms with Crippen molar-refractivity contribution in [3.63, 3.8) is 0 Å². The summed E-state index contributed by atoms with van der Waals surface area (Å²) in [6, 6.07) is 6.15. The maximum atomic E-state index is 6.16. The lowest BCUT2D eigenvalue weighted by atomic mass is 10.1. The molecule has 0 fully saturated rings. The average Bonchev–Trinajstić information content (AvgIpc) is 2.99. The number of aryl methyl sites for hydroxylation is 2. The Kier molecular flexibility index (Phi) is 2.83. The molecular formula is C14H14N4S. The third-order valence-electron chi connectivity index (χ3n) is 3.01. The Morgan fingerprint density at radius 1 is 1.32 bits per heavy atom. The molecule has 3 heterocycles. The van der Waals surface area contributed by atoms with Gasteiger partial charge in [0.1, 0.15) is 11.5 Å². The van der Waals surface area contributed by atoms with E-state index in [0.29, 0.717) is 5.82 Å². The van der Waals surface area contributed by atoms with Gasteiger partial charge in [0.2, 0.25) is 0 Å². The van der Waals surface area contributed by atoms with E-state index in [2.05, 4.69) is 22.2 Å². The van der Waals surface area contributed by atoms with Crippen LogP contribution in [0.1, 0.15) is 5.56 Å². The van der Waals surface area contributed by atoms with Crippen LogP contribution in [0.4, 0.5) is 5.82 Å². The van der Waals surface area contributed by atoms with E-state index in [4.69, 9.17) is 5.73 Å². The Hall–Kier alpha value is -2.14. The second kappa shape index (κ2) is 4.51. The first-order valence-corrected chi connectivity index (χ1v) is 6.83. The standard InChI is InChI=1S/C14H14N4S/c1-9-6-10(8-16-7-9)13-12(11-4-3-5-19-11)14(15)18(2)17-13/h3-8H,15H2,1-2H3. The Bertz CT molecular complexity index is 713. The van der Waals surface area contributed by atoms with Crippen LogP contribution < -0.4 is 5.73 Å². The van der Waals surface area contributed by atoms with Crippen LogP contribution >= 0.6 is 11.3 Å². The summed E-state index contributed by atoms with van der Waals surface area (Å²) < 4.78 is 1.72. The second-order valence-corrected chi connectivity index (χ2v) is 5.41. The van der Waals surface area contributed by atoms with Crippen molar-refractivity contribution in [1.82, 2.24) is 14.8 Å². The quantitative estimate of drug-likeness (QED) is 0.778. The lowest BCUT2D eigenvalue weighted by Gasteiger charge is -2.02. The first kappa shape index (κ1) is 11.9. The van der Waals surface area contributed by atoms with E-state index < -0.39 is 0 Å². The highest BCUT2D eigenvalue weighted by molar-refractivity contribution is 7.13. The van der Waals surface area contributed by atoms with Crippen molar-refractivity contribution in [1.29, 1.82) is 0 Å². The van der Waals surface area contributed by atoms with Crippen LogP contribution in [0, 0.1) is 6.92 Å². The summed E-state index contributed by atoms with van der Waals surface area (Å²) in [6.45, 7) is 2.02. The van der Waals surface area contributed by atoms with Gasteiger partial charge in [0.15, 0.2) is 0 Å². The number of hydrogen-bond acceptors (Lipinski definition) is 4. The molecule has 3 aromatic heterocycles. The molecule has 0 aliphatic carbocycles. The van der Waals surface area contributed by atoms with Crippen LogP contribution in [0.15, 0.2) is 36.0 Å². The number of pyridine rings is 1. The minimum absolute atomic E-state index is 0.680. The number of thiophene rings is 1. The van der Waals surface area contributed by atoms with Crippen LogP contribution in [-0.4, -0.2) is 14.8 Å². The van der Waals surface area contributed by atoms with E-state index in [1.165, 1.54) is 0 Å². The molecule has 5 heteroatoms. The average molecular weight is 270 g/mol. The van der Waals surface area contributed by atoms with Crippen LogP contribution in [-0.2, 0) is 7.05 Å². The number of nitrogens with two attached hydrogens (primary N) is 1. The predicted octanol–water partition coefficient (Wildman–Crippen LogP) is 3.10. The second-order valence-electron chi connectivity index (χ2n) is 4.46. The molecule has 0 bridgehead atoms. The normalized spacial score (nSPS) is 10.8. The zero-order valence-corrected chi connectivity index (χ0v) is 11.6. The molecule has 0 aromatic carbocycles. The molecule has 0 spiro atoms. The highest BCUT2D eigenvalue weighted by Crippen LogP contribution is 2.37. The van der Waals surface area contributed by atoms with Crippen LogP contribution in [0.3, 0.4) is 0 Å². The van der Waals surface area contributed by atoms with Gasteiger partial charge >= 0.3 is 0 Å². The summed E-state index contributed by atoms with van der Waals surface area (Å²) in [4.78, 5) is 5.36. The first-order valence-electron chi connectivity index (χ1n) is 5.95. The van der Waals surface area contributed by atoms with E-state index in [-0.39, 0.29) is 0 Å². The van der Waals surface area contributed by atoms with E-state index in [1.54, 1.807) is 16.0 Å². The van der Waals surface area contributed by atoms with Crippen molar-refractivity contribution in [3.05, 3.63) is 41.5 Å². The third kappa shape index (κ3) is 2.02. The van der Waals surface area contributed by atoms with E-state index >= 15 is 0 Å². The van der Waals surface area contributed by atoms with Crippen LogP contribution in [0.25, 0.3) is 21.7 Å². The summed E-state index contributed by atoms with van der Waals surface area (Å²) >= 11 is 1.66. The van der Waals surface area contributed by atoms with Crippen molar-refractivity contribution in [2.75, 3.05) is 5.73 Å². The maximum absolute atomic E-state index is 6.16. The Morgan fingerprint density at radius 2 is 2.16 bits per heavy atom.